The number of hydrogen-bond acceptors (Lipinski definition) is 3. The van der Waals surface area contributed by atoms with Crippen molar-refractivity contribution >= 4 is 6.03 Å². The lowest BCUT2D eigenvalue weighted by Gasteiger charge is -2.18. The molecule has 0 heterocycles. The molecule has 0 aliphatic heterocycles. The lowest BCUT2D eigenvalue weighted by atomic mass is 10.5. The number of aliphatic hydroxyl groups is 1. The number of aliphatic hydroxyl groups excluding tert-OH is 1. The van der Waals surface area contributed by atoms with Gasteiger partial charge in [0.25, 0.3) is 0 Å². The molecule has 0 aromatic carbocycles. The Morgan fingerprint density at radius 1 is 1.58 bits per heavy atom. The van der Waals surface area contributed by atoms with Crippen LogP contribution in [0.1, 0.15) is 0 Å². The van der Waals surface area contributed by atoms with Crippen molar-refractivity contribution < 1.29 is 14.6 Å². The number of amides is 2. The van der Waals surface area contributed by atoms with E-state index in [1.807, 2.05) is 0 Å². The summed E-state index contributed by atoms with van der Waals surface area (Å²) in [7, 11) is 0. The zero-order valence-corrected chi connectivity index (χ0v) is 7.03. The molecule has 0 rings (SSSR count). The Morgan fingerprint density at radius 2 is 2.25 bits per heavy atom. The monoisotopic (exact) mass is 175 g/mol. The zero-order chi connectivity index (χ0) is 9.40. The molecule has 12 heavy (non-hydrogen) atoms. The van der Waals surface area contributed by atoms with Gasteiger partial charge in [0.05, 0.1) is 13.2 Å². The molecular formula is C7H15N2O3. The normalized spacial score (nSPS) is 9.83. The molecule has 0 saturated heterocycles. The van der Waals surface area contributed by atoms with Gasteiger partial charge < -0.3 is 20.5 Å². The molecule has 0 spiro atoms. The van der Waals surface area contributed by atoms with E-state index in [4.69, 9.17) is 15.6 Å². The molecule has 0 aromatic rings. The number of carbonyl (C=O) groups excluding carboxylic acids is 1. The first-order valence-electron chi connectivity index (χ1n) is 3.74. The van der Waals surface area contributed by atoms with Gasteiger partial charge in [0, 0.05) is 19.7 Å². The van der Waals surface area contributed by atoms with Gasteiger partial charge in [-0.1, -0.05) is 0 Å². The molecule has 0 aromatic heterocycles. The largest absolute Gasteiger partial charge is 0.395 e. The number of nitrogens with two attached hydrogens (primary N) is 1. The Hall–Kier alpha value is -0.810. The highest BCUT2D eigenvalue weighted by atomic mass is 16.5. The molecule has 5 nitrogen and oxygen atoms in total. The second kappa shape index (κ2) is 6.87. The number of primary amides is 1. The first-order chi connectivity index (χ1) is 5.72. The van der Waals surface area contributed by atoms with Gasteiger partial charge in [-0.05, 0) is 6.92 Å². The van der Waals surface area contributed by atoms with Crippen molar-refractivity contribution in [2.75, 3.05) is 32.9 Å². The molecule has 71 valence electrons. The van der Waals surface area contributed by atoms with Gasteiger partial charge >= 0.3 is 6.03 Å². The van der Waals surface area contributed by atoms with E-state index in [2.05, 4.69) is 6.92 Å². The summed E-state index contributed by atoms with van der Waals surface area (Å²) in [6.07, 6.45) is 0. The maximum absolute atomic E-state index is 10.6. The summed E-state index contributed by atoms with van der Waals surface area (Å²) in [6, 6.07) is -0.545. The Morgan fingerprint density at radius 3 is 2.67 bits per heavy atom. The Kier molecular flexibility index (Phi) is 6.41. The van der Waals surface area contributed by atoms with Gasteiger partial charge in [-0.15, -0.1) is 0 Å². The van der Waals surface area contributed by atoms with Gasteiger partial charge in [-0.25, -0.2) is 4.79 Å². The molecular weight excluding hydrogens is 160 g/mol. The predicted molar refractivity (Wildman–Crippen MR) is 44.4 cm³/mol. The summed E-state index contributed by atoms with van der Waals surface area (Å²) >= 11 is 0. The van der Waals surface area contributed by atoms with Crippen LogP contribution in [0.15, 0.2) is 0 Å². The van der Waals surface area contributed by atoms with Crippen LogP contribution >= 0.6 is 0 Å². The fraction of sp³-hybridized carbons (Fsp3) is 0.714. The molecule has 0 atom stereocenters. The second-order valence-corrected chi connectivity index (χ2v) is 2.16. The molecule has 0 bridgehead atoms. The molecule has 5 heteroatoms. The summed E-state index contributed by atoms with van der Waals surface area (Å²) in [6.45, 7) is 4.78. The van der Waals surface area contributed by atoms with Crippen LogP contribution in [0.2, 0.25) is 0 Å². The zero-order valence-electron chi connectivity index (χ0n) is 7.03. The number of urea groups is 1. The number of rotatable bonds is 6. The van der Waals surface area contributed by atoms with E-state index in [0.717, 1.165) is 0 Å². The quantitative estimate of drug-likeness (QED) is 0.519. The standard InChI is InChI=1S/C7H15N2O3/c1-2-12-6-4-9(3-5-10)7(8)11/h10H,1-6H2,(H2,8,11). The van der Waals surface area contributed by atoms with Crippen molar-refractivity contribution in [3.05, 3.63) is 6.92 Å². The van der Waals surface area contributed by atoms with Crippen LogP contribution in [0.4, 0.5) is 4.79 Å². The Bertz CT molecular complexity index is 130. The minimum Gasteiger partial charge on any atom is -0.395 e. The lowest BCUT2D eigenvalue weighted by Crippen LogP contribution is -2.39. The molecule has 0 aliphatic carbocycles. The minimum atomic E-state index is -0.545. The number of nitrogens with zero attached hydrogens (tertiary/aromatic N) is 1. The Labute approximate surface area is 72.1 Å². The highest BCUT2D eigenvalue weighted by Crippen LogP contribution is 1.87. The summed E-state index contributed by atoms with van der Waals surface area (Å²) in [4.78, 5) is 12.0. The van der Waals surface area contributed by atoms with Gasteiger partial charge in [0.15, 0.2) is 0 Å². The summed E-state index contributed by atoms with van der Waals surface area (Å²) in [5, 5.41) is 8.54. The topological polar surface area (TPSA) is 75.8 Å². The van der Waals surface area contributed by atoms with Crippen LogP contribution in [-0.2, 0) is 4.74 Å². The van der Waals surface area contributed by atoms with Crippen molar-refractivity contribution in [1.29, 1.82) is 0 Å². The van der Waals surface area contributed by atoms with E-state index in [1.54, 1.807) is 0 Å². The molecule has 0 fully saturated rings. The molecule has 0 saturated carbocycles. The van der Waals surface area contributed by atoms with Crippen LogP contribution in [0, 0.1) is 6.92 Å². The van der Waals surface area contributed by atoms with E-state index in [-0.39, 0.29) is 13.2 Å². The third-order valence-corrected chi connectivity index (χ3v) is 1.33. The Balaban J connectivity index is 3.56. The summed E-state index contributed by atoms with van der Waals surface area (Å²) < 4.78 is 4.92. The SMILES string of the molecule is [CH2]COCCN(CCO)C(N)=O. The summed E-state index contributed by atoms with van der Waals surface area (Å²) in [5.74, 6) is 0. The van der Waals surface area contributed by atoms with Crippen molar-refractivity contribution in [2.24, 2.45) is 5.73 Å². The van der Waals surface area contributed by atoms with Crippen molar-refractivity contribution in [3.8, 4) is 0 Å². The molecule has 0 unspecified atom stereocenters. The maximum Gasteiger partial charge on any atom is 0.314 e. The van der Waals surface area contributed by atoms with Crippen molar-refractivity contribution in [1.82, 2.24) is 4.90 Å². The smallest absolute Gasteiger partial charge is 0.314 e. The molecule has 0 aliphatic rings. The lowest BCUT2D eigenvalue weighted by molar-refractivity contribution is 0.122. The van der Waals surface area contributed by atoms with Crippen LogP contribution in [0.5, 0.6) is 0 Å². The van der Waals surface area contributed by atoms with Crippen LogP contribution in [0.3, 0.4) is 0 Å². The van der Waals surface area contributed by atoms with E-state index >= 15 is 0 Å². The minimum absolute atomic E-state index is 0.0900. The highest BCUT2D eigenvalue weighted by molar-refractivity contribution is 5.71. The average Bonchev–Trinajstić information content (AvgIpc) is 2.03. The first kappa shape index (κ1) is 11.2. The molecule has 3 N–H and O–H groups in total. The van der Waals surface area contributed by atoms with Crippen molar-refractivity contribution in [3.63, 3.8) is 0 Å². The number of carbonyl (C=O) groups is 1. The highest BCUT2D eigenvalue weighted by Gasteiger charge is 2.06. The fourth-order valence-electron chi connectivity index (χ4n) is 0.730. The van der Waals surface area contributed by atoms with E-state index in [1.165, 1.54) is 4.90 Å². The third-order valence-electron chi connectivity index (χ3n) is 1.33. The first-order valence-corrected chi connectivity index (χ1v) is 3.74. The van der Waals surface area contributed by atoms with Crippen LogP contribution in [-0.4, -0.2) is 48.9 Å². The average molecular weight is 175 g/mol. The van der Waals surface area contributed by atoms with Crippen LogP contribution < -0.4 is 5.73 Å². The van der Waals surface area contributed by atoms with Gasteiger partial charge in [-0.3, -0.25) is 0 Å². The van der Waals surface area contributed by atoms with Gasteiger partial charge in [0.2, 0.25) is 0 Å². The second-order valence-electron chi connectivity index (χ2n) is 2.16. The molecule has 2 amide bonds. The van der Waals surface area contributed by atoms with E-state index in [0.29, 0.717) is 19.8 Å². The van der Waals surface area contributed by atoms with E-state index in [9.17, 15) is 4.79 Å². The molecule has 1 radical (unpaired) electrons. The van der Waals surface area contributed by atoms with Crippen LogP contribution in [0.25, 0.3) is 0 Å². The summed E-state index contributed by atoms with van der Waals surface area (Å²) in [5.41, 5.74) is 5.01. The maximum atomic E-state index is 10.6. The predicted octanol–water partition coefficient (Wildman–Crippen LogP) is -0.790. The van der Waals surface area contributed by atoms with Gasteiger partial charge in [-0.2, -0.15) is 0 Å². The fourth-order valence-corrected chi connectivity index (χ4v) is 0.730. The number of hydrogen-bond donors (Lipinski definition) is 2. The third kappa shape index (κ3) is 4.92. The van der Waals surface area contributed by atoms with E-state index < -0.39 is 6.03 Å². The van der Waals surface area contributed by atoms with Crippen molar-refractivity contribution in [2.45, 2.75) is 0 Å². The number of ether oxygens (including phenoxy) is 1. The van der Waals surface area contributed by atoms with Gasteiger partial charge in [0.1, 0.15) is 0 Å².